The molecule has 2 fully saturated rings. The first kappa shape index (κ1) is 41.7. The van der Waals surface area contributed by atoms with Gasteiger partial charge < -0.3 is 19.6 Å². The van der Waals surface area contributed by atoms with Gasteiger partial charge in [0, 0.05) is 43.3 Å². The molecule has 13 heteroatoms. The molecule has 2 heterocycles. The number of hydrogen-bond donors (Lipinski definition) is 1. The molecule has 2 aromatic carbocycles. The van der Waals surface area contributed by atoms with Crippen molar-refractivity contribution in [2.24, 2.45) is 0 Å². The third kappa shape index (κ3) is 13.1. The number of morpholine rings is 1. The molecule has 2 aliphatic heterocycles. The molecule has 2 aromatic rings. The number of hydrogen-bond acceptors (Lipinski definition) is 5. The van der Waals surface area contributed by atoms with Gasteiger partial charge in [0.25, 0.3) is 0 Å². The standard InChI is InChI=1S/C21H34N2O2.C9H4F6O.C7H6Cl2/c1-21(20-6-4-3-5-18(20)8-15-24)9-12-23(13-10-21)11-7-19-17-22(2)14-16-25-19;10-8(11,12)6-1-5(4-16)2-7(3-6)9(13,14)15;8-6-4-2-1-3-5-7(6)9/h3-6,19,24H,7-17H2,1-2H3;1-4H;1-4H,5H2/t19-;;/m0../s1. The summed E-state index contributed by atoms with van der Waals surface area (Å²) in [4.78, 5) is 15.2. The van der Waals surface area contributed by atoms with Crippen LogP contribution in [0.25, 0.3) is 0 Å². The van der Waals surface area contributed by atoms with E-state index >= 15 is 0 Å². The van der Waals surface area contributed by atoms with Gasteiger partial charge in [0.15, 0.2) is 0 Å². The highest BCUT2D eigenvalue weighted by Crippen LogP contribution is 2.38. The van der Waals surface area contributed by atoms with Gasteiger partial charge in [-0.1, -0.05) is 72.6 Å². The minimum absolute atomic E-state index is 0.0347. The summed E-state index contributed by atoms with van der Waals surface area (Å²) >= 11 is 11.4. The molecule has 276 valence electrons. The van der Waals surface area contributed by atoms with E-state index in [0.29, 0.717) is 28.3 Å². The lowest BCUT2D eigenvalue weighted by molar-refractivity contribution is -0.143. The predicted molar refractivity (Wildman–Crippen MR) is 186 cm³/mol. The lowest BCUT2D eigenvalue weighted by Crippen LogP contribution is -2.44. The van der Waals surface area contributed by atoms with Gasteiger partial charge in [-0.2, -0.15) is 26.3 Å². The summed E-state index contributed by atoms with van der Waals surface area (Å²) < 4.78 is 79.0. The van der Waals surface area contributed by atoms with Gasteiger partial charge in [-0.15, -0.1) is 0 Å². The Hall–Kier alpha value is -2.67. The zero-order chi connectivity index (χ0) is 37.0. The molecular formula is C37H44Cl2F6N2O3. The van der Waals surface area contributed by atoms with E-state index in [1.54, 1.807) is 6.08 Å². The first-order chi connectivity index (χ1) is 23.6. The van der Waals surface area contributed by atoms with Crippen LogP contribution in [-0.4, -0.2) is 80.3 Å². The maximum atomic E-state index is 12.2. The Morgan fingerprint density at radius 3 is 2.20 bits per heavy atom. The molecule has 5 nitrogen and oxygen atoms in total. The number of rotatable bonds is 7. The van der Waals surface area contributed by atoms with E-state index in [2.05, 4.69) is 48.0 Å². The number of aliphatic hydroxyl groups excluding tert-OH is 1. The van der Waals surface area contributed by atoms with Gasteiger partial charge in [-0.05, 0) is 86.6 Å². The Labute approximate surface area is 300 Å². The largest absolute Gasteiger partial charge is 0.416 e. The highest BCUT2D eigenvalue weighted by Gasteiger charge is 2.37. The Morgan fingerprint density at radius 2 is 1.62 bits per heavy atom. The summed E-state index contributed by atoms with van der Waals surface area (Å²) in [6.45, 7) is 9.10. The summed E-state index contributed by atoms with van der Waals surface area (Å²) in [6, 6.07) is 9.38. The fraction of sp³-hybridized carbons (Fsp3) is 0.486. The number of piperidine rings is 1. The van der Waals surface area contributed by atoms with E-state index in [4.69, 9.17) is 27.9 Å². The predicted octanol–water partition coefficient (Wildman–Crippen LogP) is 9.02. The van der Waals surface area contributed by atoms with E-state index in [0.717, 1.165) is 58.6 Å². The molecule has 1 atom stereocenters. The molecule has 1 N–H and O–H groups in total. The summed E-state index contributed by atoms with van der Waals surface area (Å²) in [7, 11) is 2.19. The zero-order valence-corrected chi connectivity index (χ0v) is 29.7. The molecule has 0 bridgehead atoms. The van der Waals surface area contributed by atoms with Crippen LogP contribution in [0.4, 0.5) is 26.3 Å². The number of ether oxygens (including phenoxy) is 1. The van der Waals surface area contributed by atoms with Crippen molar-refractivity contribution in [1.29, 1.82) is 0 Å². The maximum absolute atomic E-state index is 12.2. The summed E-state index contributed by atoms with van der Waals surface area (Å²) in [5, 5.41) is 10.7. The topological polar surface area (TPSA) is 53.0 Å². The number of aldehydes is 1. The van der Waals surface area contributed by atoms with Crippen molar-refractivity contribution in [3.63, 3.8) is 0 Å². The van der Waals surface area contributed by atoms with Crippen LogP contribution in [0.15, 0.2) is 76.8 Å². The van der Waals surface area contributed by atoms with Crippen LogP contribution in [0.2, 0.25) is 0 Å². The van der Waals surface area contributed by atoms with E-state index in [1.807, 2.05) is 18.2 Å². The number of likely N-dealkylation sites (tertiary alicyclic amines) is 1. The second kappa shape index (κ2) is 19.2. The fourth-order valence-corrected chi connectivity index (χ4v) is 6.28. The second-order valence-corrected chi connectivity index (χ2v) is 13.6. The normalized spacial score (nSPS) is 19.9. The third-order valence-corrected chi connectivity index (χ3v) is 9.72. The third-order valence-electron chi connectivity index (χ3n) is 8.91. The number of allylic oxidation sites excluding steroid dienone is 6. The molecule has 1 aliphatic carbocycles. The molecule has 0 amide bonds. The first-order valence-electron chi connectivity index (χ1n) is 16.4. The number of nitrogens with zero attached hydrogens (tertiary/aromatic N) is 2. The van der Waals surface area contributed by atoms with Crippen molar-refractivity contribution in [3.05, 3.63) is 105 Å². The Morgan fingerprint density at radius 1 is 0.980 bits per heavy atom. The van der Waals surface area contributed by atoms with Crippen molar-refractivity contribution in [2.45, 2.75) is 62.9 Å². The number of carbonyl (C=O) groups excluding carboxylic acids is 1. The summed E-state index contributed by atoms with van der Waals surface area (Å²) in [6.07, 6.45) is 3.09. The SMILES string of the molecule is CN1CCO[C@@H](CCN2CCC(C)(c3ccccc3CCO)CC2)C1.ClC1=C(Cl)CC=CC=C1.O=Cc1cc(C(F)(F)F)cc(C(F)(F)F)c1. The molecule has 50 heavy (non-hydrogen) atoms. The Balaban J connectivity index is 0.000000230. The van der Waals surface area contributed by atoms with E-state index in [1.165, 1.54) is 24.0 Å². The van der Waals surface area contributed by atoms with Crippen LogP contribution in [0.5, 0.6) is 0 Å². The monoisotopic (exact) mass is 748 g/mol. The molecule has 5 rings (SSSR count). The quantitative estimate of drug-likeness (QED) is 0.226. The minimum atomic E-state index is -4.92. The highest BCUT2D eigenvalue weighted by molar-refractivity contribution is 6.40. The van der Waals surface area contributed by atoms with Gasteiger partial charge in [0.1, 0.15) is 6.29 Å². The smallest absolute Gasteiger partial charge is 0.396 e. The molecule has 0 aromatic heterocycles. The number of aliphatic hydroxyl groups is 1. The average Bonchev–Trinajstić information content (AvgIpc) is 3.26. The molecule has 0 unspecified atom stereocenters. The summed E-state index contributed by atoms with van der Waals surface area (Å²) in [5.74, 6) is 0. The fourth-order valence-electron chi connectivity index (χ4n) is 5.98. The lowest BCUT2D eigenvalue weighted by Gasteiger charge is -2.41. The van der Waals surface area contributed by atoms with Crippen molar-refractivity contribution < 1.29 is 41.0 Å². The molecule has 0 radical (unpaired) electrons. The number of alkyl halides is 6. The highest BCUT2D eigenvalue weighted by atomic mass is 35.5. The van der Waals surface area contributed by atoms with Gasteiger partial charge >= 0.3 is 12.4 Å². The van der Waals surface area contributed by atoms with Gasteiger partial charge in [0.05, 0.1) is 28.9 Å². The van der Waals surface area contributed by atoms with E-state index in [-0.39, 0.29) is 24.4 Å². The zero-order valence-electron chi connectivity index (χ0n) is 28.2. The first-order valence-corrected chi connectivity index (χ1v) is 17.1. The second-order valence-electron chi connectivity index (χ2n) is 12.8. The van der Waals surface area contributed by atoms with Crippen molar-refractivity contribution in [2.75, 3.05) is 53.0 Å². The van der Waals surface area contributed by atoms with Crippen LogP contribution < -0.4 is 0 Å². The molecular weight excluding hydrogens is 705 g/mol. The van der Waals surface area contributed by atoms with E-state index in [9.17, 15) is 36.2 Å². The number of likely N-dealkylation sites (N-methyl/N-ethyl adjacent to an activating group) is 1. The molecule has 2 saturated heterocycles. The van der Waals surface area contributed by atoms with Gasteiger partial charge in [-0.25, -0.2) is 0 Å². The van der Waals surface area contributed by atoms with Gasteiger partial charge in [-0.3, -0.25) is 4.79 Å². The van der Waals surface area contributed by atoms with Crippen LogP contribution in [0.3, 0.4) is 0 Å². The average molecular weight is 750 g/mol. The maximum Gasteiger partial charge on any atom is 0.416 e. The summed E-state index contributed by atoms with van der Waals surface area (Å²) in [5.41, 5.74) is -0.652. The van der Waals surface area contributed by atoms with Crippen molar-refractivity contribution in [1.82, 2.24) is 9.80 Å². The lowest BCUT2D eigenvalue weighted by atomic mass is 9.72. The molecule has 0 spiro atoms. The van der Waals surface area contributed by atoms with Crippen LogP contribution in [0, 0.1) is 0 Å². The van der Waals surface area contributed by atoms with E-state index < -0.39 is 29.0 Å². The Kier molecular flexibility index (Phi) is 16.1. The Bertz CT molecular complexity index is 1450. The minimum Gasteiger partial charge on any atom is -0.396 e. The van der Waals surface area contributed by atoms with Crippen molar-refractivity contribution in [3.8, 4) is 0 Å². The molecule has 0 saturated carbocycles. The van der Waals surface area contributed by atoms with Gasteiger partial charge in [0.2, 0.25) is 0 Å². The number of halogens is 8. The van der Waals surface area contributed by atoms with Crippen LogP contribution in [-0.2, 0) is 28.9 Å². The molecule has 3 aliphatic rings. The number of benzene rings is 2. The number of carbonyl (C=O) groups is 1. The van der Waals surface area contributed by atoms with Crippen LogP contribution in [0.1, 0.15) is 65.2 Å². The van der Waals surface area contributed by atoms with Crippen LogP contribution >= 0.6 is 23.2 Å². The van der Waals surface area contributed by atoms with Crippen molar-refractivity contribution >= 4 is 29.5 Å².